The molecule has 0 heteroatoms. The van der Waals surface area contributed by atoms with Crippen molar-refractivity contribution < 1.29 is 0 Å². The van der Waals surface area contributed by atoms with Crippen LogP contribution in [0.25, 0.3) is 0 Å². The minimum absolute atomic E-state index is 1.10. The molecule has 0 unspecified atom stereocenters. The Morgan fingerprint density at radius 2 is 1.55 bits per heavy atom. The molecule has 2 saturated carbocycles. The van der Waals surface area contributed by atoms with E-state index in [0.717, 1.165) is 5.92 Å². The van der Waals surface area contributed by atoms with Gasteiger partial charge in [0.05, 0.1) is 0 Å². The Labute approximate surface area is 70.4 Å². The summed E-state index contributed by atoms with van der Waals surface area (Å²) in [6, 6.07) is 0. The van der Waals surface area contributed by atoms with Crippen LogP contribution in [0.1, 0.15) is 57.8 Å². The van der Waals surface area contributed by atoms with Gasteiger partial charge in [-0.1, -0.05) is 38.5 Å². The van der Waals surface area contributed by atoms with Crippen molar-refractivity contribution in [2.75, 3.05) is 0 Å². The standard InChI is InChI=1S/C11H19/c1-2-6-10(5-1)9-11-7-3-4-8-11/h10H,1-9H2. The van der Waals surface area contributed by atoms with Gasteiger partial charge in [-0.25, -0.2) is 0 Å². The zero-order chi connectivity index (χ0) is 7.52. The molecule has 0 bridgehead atoms. The summed E-state index contributed by atoms with van der Waals surface area (Å²) < 4.78 is 0. The quantitative estimate of drug-likeness (QED) is 0.564. The fourth-order valence-corrected chi connectivity index (χ4v) is 2.70. The topological polar surface area (TPSA) is 0 Å². The number of hydrogen-bond donors (Lipinski definition) is 0. The average Bonchev–Trinajstić information content (AvgIpc) is 2.60. The van der Waals surface area contributed by atoms with Crippen LogP contribution in [0.15, 0.2) is 0 Å². The second-order valence-corrected chi connectivity index (χ2v) is 4.31. The highest BCUT2D eigenvalue weighted by atomic mass is 14.3. The van der Waals surface area contributed by atoms with Gasteiger partial charge in [0.25, 0.3) is 0 Å². The summed E-state index contributed by atoms with van der Waals surface area (Å²) in [5, 5.41) is 0. The molecule has 0 N–H and O–H groups in total. The molecule has 2 aliphatic rings. The van der Waals surface area contributed by atoms with E-state index in [1.54, 1.807) is 0 Å². The molecule has 0 aliphatic heterocycles. The van der Waals surface area contributed by atoms with E-state index < -0.39 is 0 Å². The van der Waals surface area contributed by atoms with Gasteiger partial charge in [-0.2, -0.15) is 0 Å². The lowest BCUT2D eigenvalue weighted by molar-refractivity contribution is 0.500. The van der Waals surface area contributed by atoms with Gasteiger partial charge >= 0.3 is 0 Å². The fraction of sp³-hybridized carbons (Fsp3) is 0.909. The van der Waals surface area contributed by atoms with E-state index in [0.29, 0.717) is 0 Å². The van der Waals surface area contributed by atoms with Crippen molar-refractivity contribution in [1.29, 1.82) is 0 Å². The van der Waals surface area contributed by atoms with E-state index in [1.807, 2.05) is 5.92 Å². The van der Waals surface area contributed by atoms with Crippen LogP contribution < -0.4 is 0 Å². The predicted molar refractivity (Wildman–Crippen MR) is 48.3 cm³/mol. The maximum atomic E-state index is 1.90. The van der Waals surface area contributed by atoms with Crippen LogP contribution in [0.3, 0.4) is 0 Å². The second-order valence-electron chi connectivity index (χ2n) is 4.31. The first-order valence-corrected chi connectivity index (χ1v) is 5.29. The third-order valence-corrected chi connectivity index (χ3v) is 3.36. The van der Waals surface area contributed by atoms with Crippen LogP contribution in [-0.2, 0) is 0 Å². The van der Waals surface area contributed by atoms with Gasteiger partial charge < -0.3 is 0 Å². The summed E-state index contributed by atoms with van der Waals surface area (Å²) in [7, 11) is 0. The first-order valence-electron chi connectivity index (χ1n) is 5.29. The molecule has 11 heavy (non-hydrogen) atoms. The Bertz CT molecular complexity index is 91.2. The lowest BCUT2D eigenvalue weighted by atomic mass is 9.92. The van der Waals surface area contributed by atoms with Crippen LogP contribution in [0.4, 0.5) is 0 Å². The molecule has 0 aromatic heterocycles. The monoisotopic (exact) mass is 151 g/mol. The second kappa shape index (κ2) is 3.60. The summed E-state index contributed by atoms with van der Waals surface area (Å²) in [6.07, 6.45) is 13.5. The third kappa shape index (κ3) is 1.98. The first kappa shape index (κ1) is 7.64. The molecule has 2 aliphatic carbocycles. The molecule has 63 valence electrons. The van der Waals surface area contributed by atoms with Crippen molar-refractivity contribution in [1.82, 2.24) is 0 Å². The number of rotatable bonds is 2. The van der Waals surface area contributed by atoms with E-state index in [-0.39, 0.29) is 0 Å². The highest BCUT2D eigenvalue weighted by molar-refractivity contribution is 4.96. The van der Waals surface area contributed by atoms with Gasteiger partial charge in [-0.15, -0.1) is 0 Å². The van der Waals surface area contributed by atoms with Gasteiger partial charge in [0, 0.05) is 0 Å². The summed E-state index contributed by atoms with van der Waals surface area (Å²) in [5.74, 6) is 3.00. The molecule has 0 saturated heterocycles. The van der Waals surface area contributed by atoms with Gasteiger partial charge in [0.15, 0.2) is 0 Å². The van der Waals surface area contributed by atoms with Crippen molar-refractivity contribution in [3.8, 4) is 0 Å². The molecule has 0 heterocycles. The number of hydrogen-bond acceptors (Lipinski definition) is 0. The van der Waals surface area contributed by atoms with Crippen LogP contribution in [0, 0.1) is 11.8 Å². The highest BCUT2D eigenvalue weighted by Crippen LogP contribution is 2.37. The summed E-state index contributed by atoms with van der Waals surface area (Å²) >= 11 is 0. The summed E-state index contributed by atoms with van der Waals surface area (Å²) in [4.78, 5) is 0. The smallest absolute Gasteiger partial charge is 0.0238 e. The maximum Gasteiger partial charge on any atom is -0.0238 e. The third-order valence-electron chi connectivity index (χ3n) is 3.36. The fourth-order valence-electron chi connectivity index (χ4n) is 2.70. The van der Waals surface area contributed by atoms with E-state index in [4.69, 9.17) is 0 Å². The Balaban J connectivity index is 1.71. The van der Waals surface area contributed by atoms with Crippen molar-refractivity contribution in [3.63, 3.8) is 0 Å². The molecule has 2 rings (SSSR count). The molecule has 1 radical (unpaired) electrons. The Morgan fingerprint density at radius 3 is 2.18 bits per heavy atom. The highest BCUT2D eigenvalue weighted by Gasteiger charge is 2.22. The zero-order valence-corrected chi connectivity index (χ0v) is 7.44. The first-order chi connectivity index (χ1) is 5.45. The van der Waals surface area contributed by atoms with E-state index in [2.05, 4.69) is 0 Å². The molecule has 0 aromatic rings. The molecule has 0 spiro atoms. The van der Waals surface area contributed by atoms with Crippen LogP contribution >= 0.6 is 0 Å². The Kier molecular flexibility index (Phi) is 2.50. The maximum absolute atomic E-state index is 1.90. The van der Waals surface area contributed by atoms with Crippen molar-refractivity contribution >= 4 is 0 Å². The lowest BCUT2D eigenvalue weighted by Gasteiger charge is -2.13. The van der Waals surface area contributed by atoms with Crippen LogP contribution in [-0.4, -0.2) is 0 Å². The van der Waals surface area contributed by atoms with Gasteiger partial charge in [0.1, 0.15) is 0 Å². The van der Waals surface area contributed by atoms with Crippen LogP contribution in [0.2, 0.25) is 0 Å². The van der Waals surface area contributed by atoms with E-state index in [9.17, 15) is 0 Å². The van der Waals surface area contributed by atoms with Gasteiger partial charge in [-0.3, -0.25) is 0 Å². The minimum Gasteiger partial charge on any atom is -0.0530 e. The summed E-state index contributed by atoms with van der Waals surface area (Å²) in [6.45, 7) is 0. The van der Waals surface area contributed by atoms with E-state index >= 15 is 0 Å². The normalized spacial score (nSPS) is 28.4. The van der Waals surface area contributed by atoms with Crippen LogP contribution in [0.5, 0.6) is 0 Å². The molecular weight excluding hydrogens is 132 g/mol. The van der Waals surface area contributed by atoms with Crippen molar-refractivity contribution in [2.24, 2.45) is 5.92 Å². The van der Waals surface area contributed by atoms with Gasteiger partial charge in [-0.05, 0) is 31.1 Å². The van der Waals surface area contributed by atoms with Crippen molar-refractivity contribution in [3.05, 3.63) is 5.92 Å². The molecule has 0 nitrogen and oxygen atoms in total. The molecule has 0 amide bonds. The van der Waals surface area contributed by atoms with Gasteiger partial charge in [0.2, 0.25) is 0 Å². The van der Waals surface area contributed by atoms with Crippen molar-refractivity contribution in [2.45, 2.75) is 57.8 Å². The summed E-state index contributed by atoms with van der Waals surface area (Å²) in [5.41, 5.74) is 0. The minimum atomic E-state index is 1.10. The molecule has 0 aromatic carbocycles. The average molecular weight is 151 g/mol. The van der Waals surface area contributed by atoms with E-state index in [1.165, 1.54) is 57.8 Å². The Hall–Kier alpha value is 0. The predicted octanol–water partition coefficient (Wildman–Crippen LogP) is 3.72. The molecular formula is C11H19. The Morgan fingerprint density at radius 1 is 0.909 bits per heavy atom. The lowest BCUT2D eigenvalue weighted by Crippen LogP contribution is -1.99. The zero-order valence-electron chi connectivity index (χ0n) is 7.44. The largest absolute Gasteiger partial charge is 0.0530 e. The SMILES string of the molecule is C1CC[C](CC2CCCC2)C1. The molecule has 2 fully saturated rings. The molecule has 0 atom stereocenters.